The van der Waals surface area contributed by atoms with Crippen LogP contribution in [0.4, 0.5) is 0 Å². The molecule has 0 saturated carbocycles. The molecule has 4 nitrogen and oxygen atoms in total. The smallest absolute Gasteiger partial charge is 0.226 e. The molecule has 2 atom stereocenters. The number of rotatable bonds is 5. The summed E-state index contributed by atoms with van der Waals surface area (Å²) in [5.41, 5.74) is 1.37. The number of carbonyl (C=O) groups excluding carboxylic acids is 1. The summed E-state index contributed by atoms with van der Waals surface area (Å²) in [5, 5.41) is 2.61. The third-order valence-corrected chi connectivity index (χ3v) is 7.56. The number of nitrogens with zero attached hydrogens (tertiary/aromatic N) is 3. The maximum Gasteiger partial charge on any atom is 0.226 e. The molecule has 2 aromatic carbocycles. The molecule has 3 heterocycles. The molecule has 3 aliphatic rings. The van der Waals surface area contributed by atoms with Crippen LogP contribution in [0.3, 0.4) is 0 Å². The number of carbonyl (C=O) groups is 1. The van der Waals surface area contributed by atoms with Crippen molar-refractivity contribution in [2.75, 3.05) is 45.8 Å². The lowest BCUT2D eigenvalue weighted by Crippen LogP contribution is -2.50. The van der Waals surface area contributed by atoms with Crippen molar-refractivity contribution in [3.63, 3.8) is 0 Å². The SMILES string of the molecule is O=C([C@@H]1C[C@H](CN2CCCC2)CN(Cc2ccc3ccccc3c2)C1)N1CCCCC1. The second-order valence-corrected chi connectivity index (χ2v) is 10.1. The van der Waals surface area contributed by atoms with Gasteiger partial charge in [0.05, 0.1) is 5.92 Å². The molecule has 5 rings (SSSR count). The number of fused-ring (bicyclic) bond motifs is 1. The summed E-state index contributed by atoms with van der Waals surface area (Å²) in [4.78, 5) is 20.8. The zero-order valence-corrected chi connectivity index (χ0v) is 18.8. The van der Waals surface area contributed by atoms with Crippen LogP contribution in [0.25, 0.3) is 10.8 Å². The second-order valence-electron chi connectivity index (χ2n) is 10.1. The van der Waals surface area contributed by atoms with Crippen molar-refractivity contribution < 1.29 is 4.79 Å². The Morgan fingerprint density at radius 2 is 1.55 bits per heavy atom. The molecule has 0 bridgehead atoms. The lowest BCUT2D eigenvalue weighted by Gasteiger charge is -2.41. The van der Waals surface area contributed by atoms with Crippen molar-refractivity contribution in [1.82, 2.24) is 14.7 Å². The van der Waals surface area contributed by atoms with Gasteiger partial charge in [0.2, 0.25) is 5.91 Å². The predicted octanol–water partition coefficient (Wildman–Crippen LogP) is 4.39. The van der Waals surface area contributed by atoms with E-state index < -0.39 is 0 Å². The Labute approximate surface area is 187 Å². The molecular weight excluding hydrogens is 382 g/mol. The lowest BCUT2D eigenvalue weighted by atomic mass is 9.87. The first-order valence-corrected chi connectivity index (χ1v) is 12.5. The van der Waals surface area contributed by atoms with Crippen LogP contribution >= 0.6 is 0 Å². The van der Waals surface area contributed by atoms with Gasteiger partial charge in [-0.2, -0.15) is 0 Å². The monoisotopic (exact) mass is 419 g/mol. The van der Waals surface area contributed by atoms with E-state index in [-0.39, 0.29) is 5.92 Å². The minimum absolute atomic E-state index is 0.167. The molecule has 166 valence electrons. The number of piperidine rings is 2. The van der Waals surface area contributed by atoms with Crippen LogP contribution in [0.15, 0.2) is 42.5 Å². The third-order valence-electron chi connectivity index (χ3n) is 7.56. The molecule has 0 radical (unpaired) electrons. The Morgan fingerprint density at radius 1 is 0.806 bits per heavy atom. The van der Waals surface area contributed by atoms with Crippen molar-refractivity contribution in [3.05, 3.63) is 48.0 Å². The van der Waals surface area contributed by atoms with Gasteiger partial charge in [-0.25, -0.2) is 0 Å². The highest BCUT2D eigenvalue weighted by atomic mass is 16.2. The minimum atomic E-state index is 0.167. The summed E-state index contributed by atoms with van der Waals surface area (Å²) in [7, 11) is 0. The first-order valence-electron chi connectivity index (χ1n) is 12.5. The van der Waals surface area contributed by atoms with E-state index in [1.54, 1.807) is 0 Å². The zero-order chi connectivity index (χ0) is 21.0. The summed E-state index contributed by atoms with van der Waals surface area (Å²) < 4.78 is 0. The Balaban J connectivity index is 1.30. The van der Waals surface area contributed by atoms with Crippen LogP contribution < -0.4 is 0 Å². The van der Waals surface area contributed by atoms with Gasteiger partial charge in [0.15, 0.2) is 0 Å². The summed E-state index contributed by atoms with van der Waals surface area (Å²) in [6.07, 6.45) is 7.38. The van der Waals surface area contributed by atoms with Crippen LogP contribution in [0.1, 0.15) is 44.1 Å². The molecule has 3 aliphatic heterocycles. The first-order chi connectivity index (χ1) is 15.2. The van der Waals surface area contributed by atoms with E-state index in [2.05, 4.69) is 57.2 Å². The average molecular weight is 420 g/mol. The zero-order valence-electron chi connectivity index (χ0n) is 18.8. The van der Waals surface area contributed by atoms with Gasteiger partial charge in [-0.1, -0.05) is 36.4 Å². The van der Waals surface area contributed by atoms with Gasteiger partial charge in [0.1, 0.15) is 0 Å². The van der Waals surface area contributed by atoms with Crippen LogP contribution in [-0.4, -0.2) is 66.4 Å². The summed E-state index contributed by atoms with van der Waals surface area (Å²) in [6.45, 7) is 8.57. The largest absolute Gasteiger partial charge is 0.342 e. The van der Waals surface area contributed by atoms with Gasteiger partial charge < -0.3 is 9.80 Å². The van der Waals surface area contributed by atoms with Gasteiger partial charge in [0, 0.05) is 39.3 Å². The molecule has 3 fully saturated rings. The molecule has 3 saturated heterocycles. The van der Waals surface area contributed by atoms with Crippen molar-refractivity contribution in [1.29, 1.82) is 0 Å². The lowest BCUT2D eigenvalue weighted by molar-refractivity contribution is -0.139. The summed E-state index contributed by atoms with van der Waals surface area (Å²) in [6, 6.07) is 15.5. The third kappa shape index (κ3) is 5.12. The van der Waals surface area contributed by atoms with Gasteiger partial charge in [-0.15, -0.1) is 0 Å². The minimum Gasteiger partial charge on any atom is -0.342 e. The van der Waals surface area contributed by atoms with Gasteiger partial charge in [-0.05, 0) is 79.9 Å². The fourth-order valence-corrected chi connectivity index (χ4v) is 6.04. The maximum atomic E-state index is 13.4. The van der Waals surface area contributed by atoms with Gasteiger partial charge in [-0.3, -0.25) is 9.69 Å². The molecule has 0 N–H and O–H groups in total. The second kappa shape index (κ2) is 9.70. The van der Waals surface area contributed by atoms with Crippen LogP contribution in [0, 0.1) is 11.8 Å². The molecular formula is C27H37N3O. The summed E-state index contributed by atoms with van der Waals surface area (Å²) in [5.74, 6) is 1.19. The van der Waals surface area contributed by atoms with Crippen molar-refractivity contribution >= 4 is 16.7 Å². The molecule has 2 aromatic rings. The van der Waals surface area contributed by atoms with Crippen LogP contribution in [0.5, 0.6) is 0 Å². The van der Waals surface area contributed by atoms with E-state index in [4.69, 9.17) is 0 Å². The predicted molar refractivity (Wildman–Crippen MR) is 127 cm³/mol. The highest BCUT2D eigenvalue weighted by Crippen LogP contribution is 2.28. The van der Waals surface area contributed by atoms with E-state index in [0.717, 1.165) is 45.7 Å². The highest BCUT2D eigenvalue weighted by Gasteiger charge is 2.35. The first kappa shape index (κ1) is 21.0. The van der Waals surface area contributed by atoms with Gasteiger partial charge in [0.25, 0.3) is 0 Å². The van der Waals surface area contributed by atoms with Crippen LogP contribution in [-0.2, 0) is 11.3 Å². The van der Waals surface area contributed by atoms with Crippen molar-refractivity contribution in [2.45, 2.75) is 45.1 Å². The van der Waals surface area contributed by atoms with Crippen molar-refractivity contribution in [2.24, 2.45) is 11.8 Å². The number of benzene rings is 2. The molecule has 31 heavy (non-hydrogen) atoms. The quantitative estimate of drug-likeness (QED) is 0.719. The molecule has 1 amide bonds. The van der Waals surface area contributed by atoms with E-state index in [1.165, 1.54) is 61.5 Å². The van der Waals surface area contributed by atoms with E-state index in [9.17, 15) is 4.79 Å². The number of hydrogen-bond acceptors (Lipinski definition) is 3. The van der Waals surface area contributed by atoms with E-state index in [1.807, 2.05) is 0 Å². The number of hydrogen-bond donors (Lipinski definition) is 0. The Bertz CT molecular complexity index is 885. The fourth-order valence-electron chi connectivity index (χ4n) is 6.04. The Morgan fingerprint density at radius 3 is 2.35 bits per heavy atom. The maximum absolute atomic E-state index is 13.4. The molecule has 0 spiro atoms. The normalized spacial score (nSPS) is 25.9. The fraction of sp³-hybridized carbons (Fsp3) is 0.593. The molecule has 4 heteroatoms. The number of likely N-dealkylation sites (tertiary alicyclic amines) is 3. The number of amides is 1. The van der Waals surface area contributed by atoms with E-state index in [0.29, 0.717) is 11.8 Å². The standard InChI is InChI=1S/C27H37N3O/c31-27(30-14-4-1-5-15-30)26-17-23(19-28-12-6-7-13-28)20-29(21-26)18-22-10-11-24-8-2-3-9-25(24)16-22/h2-3,8-11,16,23,26H,1,4-7,12-15,17-21H2/t23-,26-/m1/s1. The molecule has 0 aromatic heterocycles. The topological polar surface area (TPSA) is 26.8 Å². The van der Waals surface area contributed by atoms with Crippen LogP contribution in [0.2, 0.25) is 0 Å². The van der Waals surface area contributed by atoms with Gasteiger partial charge >= 0.3 is 0 Å². The Hall–Kier alpha value is -1.91. The molecule has 0 aliphatic carbocycles. The highest BCUT2D eigenvalue weighted by molar-refractivity contribution is 5.83. The average Bonchev–Trinajstić information content (AvgIpc) is 3.32. The summed E-state index contributed by atoms with van der Waals surface area (Å²) >= 11 is 0. The van der Waals surface area contributed by atoms with Crippen molar-refractivity contribution in [3.8, 4) is 0 Å². The Kier molecular flexibility index (Phi) is 6.56. The molecule has 0 unspecified atom stereocenters. The van der Waals surface area contributed by atoms with E-state index >= 15 is 0 Å².